The van der Waals surface area contributed by atoms with Gasteiger partial charge < -0.3 is 20.7 Å². The summed E-state index contributed by atoms with van der Waals surface area (Å²) in [5.41, 5.74) is 10.4. The molecular formula is C32H29N5O2S. The molecular weight excluding hydrogens is 518 g/mol. The number of amides is 1. The molecule has 7 rings (SSSR count). The molecule has 2 aliphatic rings. The van der Waals surface area contributed by atoms with E-state index in [1.807, 2.05) is 29.1 Å². The molecule has 0 bridgehead atoms. The van der Waals surface area contributed by atoms with Gasteiger partial charge in [0.25, 0.3) is 5.91 Å². The lowest BCUT2D eigenvalue weighted by Crippen LogP contribution is -2.48. The largest absolute Gasteiger partial charge is 0.488 e. The van der Waals surface area contributed by atoms with Crippen LogP contribution in [0.1, 0.15) is 26.4 Å². The van der Waals surface area contributed by atoms with Crippen LogP contribution in [0.25, 0.3) is 10.4 Å². The van der Waals surface area contributed by atoms with Crippen LogP contribution in [0.5, 0.6) is 5.75 Å². The van der Waals surface area contributed by atoms with Crippen LogP contribution in [-0.2, 0) is 5.54 Å². The minimum atomic E-state index is -0.720. The van der Waals surface area contributed by atoms with Gasteiger partial charge in [0, 0.05) is 31.4 Å². The summed E-state index contributed by atoms with van der Waals surface area (Å²) in [5.74, 6) is 0.668. The number of nitrogens with zero attached hydrogens (tertiary/aromatic N) is 3. The number of carbonyl (C=O) groups excluding carboxylic acids is 1. The van der Waals surface area contributed by atoms with Crippen LogP contribution >= 0.6 is 11.3 Å². The van der Waals surface area contributed by atoms with Crippen LogP contribution in [0.2, 0.25) is 0 Å². The zero-order valence-corrected chi connectivity index (χ0v) is 22.7. The summed E-state index contributed by atoms with van der Waals surface area (Å²) in [7, 11) is 0. The second-order valence-corrected chi connectivity index (χ2v) is 11.1. The molecule has 2 aromatic heterocycles. The summed E-state index contributed by atoms with van der Waals surface area (Å²) in [5, 5.41) is 8.05. The van der Waals surface area contributed by atoms with Crippen molar-refractivity contribution in [3.05, 3.63) is 125 Å². The second-order valence-electron chi connectivity index (χ2n) is 10.1. The van der Waals surface area contributed by atoms with Gasteiger partial charge in [0.15, 0.2) is 5.75 Å². The molecule has 8 heteroatoms. The van der Waals surface area contributed by atoms with Gasteiger partial charge in [0.1, 0.15) is 22.7 Å². The van der Waals surface area contributed by atoms with Gasteiger partial charge >= 0.3 is 0 Å². The fourth-order valence-corrected chi connectivity index (χ4v) is 7.16. The molecule has 200 valence electrons. The third-order valence-electron chi connectivity index (χ3n) is 7.87. The molecule has 0 radical (unpaired) electrons. The topological polar surface area (TPSA) is 85.4 Å². The Hall–Kier alpha value is -4.40. The Bertz CT molecular complexity index is 1550. The quantitative estimate of drug-likeness (QED) is 0.301. The first-order valence-corrected chi connectivity index (χ1v) is 14.3. The van der Waals surface area contributed by atoms with E-state index < -0.39 is 5.54 Å². The van der Waals surface area contributed by atoms with Crippen molar-refractivity contribution < 1.29 is 9.53 Å². The van der Waals surface area contributed by atoms with E-state index in [1.54, 1.807) is 0 Å². The SMILES string of the molecule is NC[C@@H]1COc2c(-c3cnn(C(c4ccccc4)(c4ccccc4)c4ccccc4)c3)sc3c2N1CCNC3=O. The summed E-state index contributed by atoms with van der Waals surface area (Å²) in [6.45, 7) is 2.23. The Morgan fingerprint density at radius 2 is 1.52 bits per heavy atom. The van der Waals surface area contributed by atoms with Crippen molar-refractivity contribution in [1.82, 2.24) is 15.1 Å². The minimum Gasteiger partial charge on any atom is -0.488 e. The average molecular weight is 548 g/mol. The van der Waals surface area contributed by atoms with Crippen molar-refractivity contribution in [2.75, 3.05) is 31.1 Å². The van der Waals surface area contributed by atoms with Crippen LogP contribution in [0.15, 0.2) is 103 Å². The highest BCUT2D eigenvalue weighted by Gasteiger charge is 2.41. The van der Waals surface area contributed by atoms with Crippen molar-refractivity contribution in [2.24, 2.45) is 5.73 Å². The van der Waals surface area contributed by atoms with Gasteiger partial charge in [-0.3, -0.25) is 9.48 Å². The van der Waals surface area contributed by atoms with E-state index >= 15 is 0 Å². The predicted molar refractivity (Wildman–Crippen MR) is 158 cm³/mol. The standard InChI is InChI=1S/C32H29N5O2S/c33-18-26-21-39-28-27-30(31(38)34-16-17-36(26)27)40-29(28)22-19-35-37(20-22)32(23-10-4-1-5-11-23,24-12-6-2-7-13-24)25-14-8-3-9-15-25/h1-15,19-20,26H,16-18,21,33H2,(H,34,38)/t26-/m1/s1. The highest BCUT2D eigenvalue weighted by Crippen LogP contribution is 2.51. The van der Waals surface area contributed by atoms with E-state index in [4.69, 9.17) is 15.6 Å². The van der Waals surface area contributed by atoms with E-state index in [2.05, 4.69) is 89.2 Å². The number of anilines is 1. The number of nitrogens with one attached hydrogen (secondary N) is 1. The van der Waals surface area contributed by atoms with Crippen molar-refractivity contribution >= 4 is 22.9 Å². The minimum absolute atomic E-state index is 0.0333. The van der Waals surface area contributed by atoms with Crippen LogP contribution < -0.4 is 20.7 Å². The molecule has 0 unspecified atom stereocenters. The maximum Gasteiger partial charge on any atom is 0.263 e. The van der Waals surface area contributed by atoms with E-state index in [9.17, 15) is 4.79 Å². The molecule has 0 saturated carbocycles. The van der Waals surface area contributed by atoms with Crippen molar-refractivity contribution in [2.45, 2.75) is 11.6 Å². The molecule has 0 fully saturated rings. The summed E-state index contributed by atoms with van der Waals surface area (Å²) in [4.78, 5) is 16.9. The number of hydrogen-bond acceptors (Lipinski definition) is 6. The van der Waals surface area contributed by atoms with E-state index in [0.717, 1.165) is 38.6 Å². The van der Waals surface area contributed by atoms with Gasteiger partial charge in [-0.05, 0) is 16.7 Å². The number of benzene rings is 3. The second kappa shape index (κ2) is 9.97. The number of aromatic nitrogens is 2. The number of hydrogen-bond donors (Lipinski definition) is 2. The maximum absolute atomic E-state index is 13.1. The first-order chi connectivity index (χ1) is 19.7. The fourth-order valence-electron chi connectivity index (χ4n) is 6.02. The fraction of sp³-hybridized carbons (Fsp3) is 0.188. The molecule has 7 nitrogen and oxygen atoms in total. The Kier molecular flexibility index (Phi) is 6.14. The first-order valence-electron chi connectivity index (χ1n) is 13.5. The molecule has 2 aliphatic heterocycles. The summed E-state index contributed by atoms with van der Waals surface area (Å²) in [6.07, 6.45) is 3.96. The lowest BCUT2D eigenvalue weighted by molar-refractivity contribution is 0.0961. The number of rotatable bonds is 6. The zero-order valence-electron chi connectivity index (χ0n) is 21.9. The van der Waals surface area contributed by atoms with Crippen molar-refractivity contribution in [3.63, 3.8) is 0 Å². The average Bonchev–Trinajstić information content (AvgIpc) is 3.61. The molecule has 3 aromatic carbocycles. The third kappa shape index (κ3) is 3.75. The Morgan fingerprint density at radius 1 is 0.925 bits per heavy atom. The van der Waals surface area contributed by atoms with Gasteiger partial charge in [0.2, 0.25) is 0 Å². The van der Waals surface area contributed by atoms with Gasteiger partial charge in [-0.15, -0.1) is 11.3 Å². The number of carbonyl (C=O) groups is 1. The zero-order chi connectivity index (χ0) is 27.1. The highest BCUT2D eigenvalue weighted by molar-refractivity contribution is 7.18. The normalized spacial score (nSPS) is 16.6. The smallest absolute Gasteiger partial charge is 0.263 e. The summed E-state index contributed by atoms with van der Waals surface area (Å²) >= 11 is 1.46. The van der Waals surface area contributed by atoms with Crippen molar-refractivity contribution in [3.8, 4) is 16.2 Å². The predicted octanol–water partition coefficient (Wildman–Crippen LogP) is 4.72. The van der Waals surface area contributed by atoms with Crippen LogP contribution in [0.3, 0.4) is 0 Å². The van der Waals surface area contributed by atoms with Gasteiger partial charge in [-0.1, -0.05) is 91.0 Å². The maximum atomic E-state index is 13.1. The van der Waals surface area contributed by atoms with Crippen LogP contribution in [0.4, 0.5) is 5.69 Å². The molecule has 1 amide bonds. The lowest BCUT2D eigenvalue weighted by atomic mass is 9.77. The van der Waals surface area contributed by atoms with Gasteiger partial charge in [-0.2, -0.15) is 5.10 Å². The molecule has 0 spiro atoms. The Labute approximate surface area is 236 Å². The molecule has 40 heavy (non-hydrogen) atoms. The summed E-state index contributed by atoms with van der Waals surface area (Å²) < 4.78 is 8.37. The highest BCUT2D eigenvalue weighted by atomic mass is 32.1. The van der Waals surface area contributed by atoms with Crippen LogP contribution in [0, 0.1) is 0 Å². The molecule has 0 saturated heterocycles. The van der Waals surface area contributed by atoms with E-state index in [-0.39, 0.29) is 11.9 Å². The van der Waals surface area contributed by atoms with Gasteiger partial charge in [-0.25, -0.2) is 0 Å². The first kappa shape index (κ1) is 24.6. The summed E-state index contributed by atoms with van der Waals surface area (Å²) in [6, 6.07) is 31.4. The third-order valence-corrected chi connectivity index (χ3v) is 9.08. The number of ether oxygens (including phenoxy) is 1. The van der Waals surface area contributed by atoms with E-state index in [1.165, 1.54) is 11.3 Å². The van der Waals surface area contributed by atoms with Crippen molar-refractivity contribution in [1.29, 1.82) is 0 Å². The molecule has 4 heterocycles. The molecule has 1 atom stereocenters. The number of thiophene rings is 1. The van der Waals surface area contributed by atoms with Gasteiger partial charge in [0.05, 0.1) is 17.1 Å². The Balaban J connectivity index is 1.45. The monoisotopic (exact) mass is 547 g/mol. The van der Waals surface area contributed by atoms with E-state index in [0.29, 0.717) is 31.1 Å². The lowest BCUT2D eigenvalue weighted by Gasteiger charge is -2.36. The molecule has 5 aromatic rings. The number of nitrogens with two attached hydrogens (primary N) is 1. The van der Waals surface area contributed by atoms with Crippen LogP contribution in [-0.4, -0.2) is 48.0 Å². The Morgan fingerprint density at radius 3 is 2.10 bits per heavy atom. The molecule has 0 aliphatic carbocycles. The molecule has 3 N–H and O–H groups in total.